The van der Waals surface area contributed by atoms with E-state index in [2.05, 4.69) is 17.6 Å². The third-order valence-electron chi connectivity index (χ3n) is 1.72. The Bertz CT molecular complexity index is 408. The molecule has 0 N–H and O–H groups in total. The summed E-state index contributed by atoms with van der Waals surface area (Å²) >= 11 is 4.09. The van der Waals surface area contributed by atoms with Crippen LogP contribution in [0.1, 0.15) is 11.5 Å². The highest BCUT2D eigenvalue weighted by atomic mass is 32.1. The molecule has 0 aliphatic rings. The molecule has 2 aromatic rings. The first-order valence-corrected chi connectivity index (χ1v) is 4.40. The molecule has 62 valence electrons. The first kappa shape index (κ1) is 7.68. The van der Waals surface area contributed by atoms with Gasteiger partial charge in [0.2, 0.25) is 5.89 Å². The van der Waals surface area contributed by atoms with E-state index in [0.717, 1.165) is 11.1 Å². The van der Waals surface area contributed by atoms with Crippen LogP contribution in [-0.2, 0) is 5.75 Å². The summed E-state index contributed by atoms with van der Waals surface area (Å²) in [5, 5.41) is 0. The first-order valence-electron chi connectivity index (χ1n) is 3.76. The molecule has 2 nitrogen and oxygen atoms in total. The van der Waals surface area contributed by atoms with Gasteiger partial charge in [-0.25, -0.2) is 4.98 Å². The van der Waals surface area contributed by atoms with Crippen LogP contribution in [-0.4, -0.2) is 4.98 Å². The summed E-state index contributed by atoms with van der Waals surface area (Å²) in [4.78, 5) is 4.25. The fourth-order valence-electron chi connectivity index (χ4n) is 1.15. The predicted molar refractivity (Wildman–Crippen MR) is 51.4 cm³/mol. The summed E-state index contributed by atoms with van der Waals surface area (Å²) in [5.41, 5.74) is 2.95. The van der Waals surface area contributed by atoms with Gasteiger partial charge in [0.1, 0.15) is 5.52 Å². The van der Waals surface area contributed by atoms with E-state index in [1.165, 1.54) is 5.56 Å². The lowest BCUT2D eigenvalue weighted by atomic mass is 10.2. The van der Waals surface area contributed by atoms with Gasteiger partial charge in [-0.3, -0.25) is 0 Å². The fourth-order valence-corrected chi connectivity index (χ4v) is 1.29. The van der Waals surface area contributed by atoms with Crippen LogP contribution in [0.2, 0.25) is 0 Å². The number of aromatic nitrogens is 1. The van der Waals surface area contributed by atoms with Gasteiger partial charge in [0, 0.05) is 0 Å². The summed E-state index contributed by atoms with van der Waals surface area (Å²) in [6.45, 7) is 2.04. The molecule has 0 bridgehead atoms. The smallest absolute Gasteiger partial charge is 0.205 e. The van der Waals surface area contributed by atoms with Crippen LogP contribution >= 0.6 is 12.6 Å². The molecule has 0 spiro atoms. The van der Waals surface area contributed by atoms with Crippen molar-refractivity contribution in [1.29, 1.82) is 0 Å². The Morgan fingerprint density at radius 1 is 1.50 bits per heavy atom. The zero-order valence-electron chi connectivity index (χ0n) is 6.74. The Hall–Kier alpha value is -0.960. The molecule has 2 rings (SSSR count). The Morgan fingerprint density at radius 2 is 2.33 bits per heavy atom. The van der Waals surface area contributed by atoms with E-state index in [1.54, 1.807) is 0 Å². The average molecular weight is 179 g/mol. The summed E-state index contributed by atoms with van der Waals surface area (Å²) in [6, 6.07) is 5.95. The van der Waals surface area contributed by atoms with Crippen LogP contribution in [0.25, 0.3) is 11.1 Å². The molecule has 3 heteroatoms. The zero-order chi connectivity index (χ0) is 8.55. The molecule has 0 unspecified atom stereocenters. The van der Waals surface area contributed by atoms with Crippen molar-refractivity contribution in [2.75, 3.05) is 0 Å². The van der Waals surface area contributed by atoms with Gasteiger partial charge in [-0.1, -0.05) is 6.07 Å². The molecule has 1 aromatic heterocycles. The maximum Gasteiger partial charge on any atom is 0.205 e. The molecule has 0 atom stereocenters. The Balaban J connectivity index is 2.67. The van der Waals surface area contributed by atoms with Crippen molar-refractivity contribution in [3.63, 3.8) is 0 Å². The van der Waals surface area contributed by atoms with Gasteiger partial charge in [0.15, 0.2) is 5.58 Å². The molecule has 1 aromatic carbocycles. The maximum absolute atomic E-state index is 5.38. The molecule has 1 heterocycles. The largest absolute Gasteiger partial charge is 0.440 e. The van der Waals surface area contributed by atoms with Gasteiger partial charge in [0.05, 0.1) is 5.75 Å². The zero-order valence-corrected chi connectivity index (χ0v) is 7.64. The third kappa shape index (κ3) is 1.20. The number of thiol groups is 1. The van der Waals surface area contributed by atoms with Gasteiger partial charge >= 0.3 is 0 Å². The number of hydrogen-bond donors (Lipinski definition) is 1. The van der Waals surface area contributed by atoms with Gasteiger partial charge in [-0.05, 0) is 24.6 Å². The van der Waals surface area contributed by atoms with Crippen LogP contribution < -0.4 is 0 Å². The molecule has 0 saturated carbocycles. The predicted octanol–water partition coefficient (Wildman–Crippen LogP) is 2.57. The quantitative estimate of drug-likeness (QED) is 0.681. The number of nitrogens with zero attached hydrogens (tertiary/aromatic N) is 1. The SMILES string of the molecule is Cc1ccc2oc(CS)nc2c1. The highest BCUT2D eigenvalue weighted by Crippen LogP contribution is 2.17. The molecular formula is C9H9NOS. The van der Waals surface area contributed by atoms with Gasteiger partial charge in [-0.15, -0.1) is 0 Å². The van der Waals surface area contributed by atoms with Crippen molar-refractivity contribution in [3.05, 3.63) is 29.7 Å². The average Bonchev–Trinajstić information content (AvgIpc) is 2.46. The standard InChI is InChI=1S/C9H9NOS/c1-6-2-3-8-7(4-6)10-9(5-12)11-8/h2-4,12H,5H2,1H3. The summed E-state index contributed by atoms with van der Waals surface area (Å²) < 4.78 is 5.38. The van der Waals surface area contributed by atoms with Crippen LogP contribution in [0.3, 0.4) is 0 Å². The number of hydrogen-bond acceptors (Lipinski definition) is 3. The van der Waals surface area contributed by atoms with Gasteiger partial charge in [0.25, 0.3) is 0 Å². The topological polar surface area (TPSA) is 26.0 Å². The summed E-state index contributed by atoms with van der Waals surface area (Å²) in [5.74, 6) is 1.23. The number of aryl methyl sites for hydroxylation is 1. The van der Waals surface area contributed by atoms with E-state index < -0.39 is 0 Å². The molecular weight excluding hydrogens is 170 g/mol. The van der Waals surface area contributed by atoms with Crippen molar-refractivity contribution in [2.24, 2.45) is 0 Å². The van der Waals surface area contributed by atoms with E-state index in [1.807, 2.05) is 25.1 Å². The fraction of sp³-hybridized carbons (Fsp3) is 0.222. The molecule has 0 fully saturated rings. The van der Waals surface area contributed by atoms with E-state index >= 15 is 0 Å². The lowest BCUT2D eigenvalue weighted by molar-refractivity contribution is 0.556. The Morgan fingerprint density at radius 3 is 3.08 bits per heavy atom. The normalized spacial score (nSPS) is 10.8. The van der Waals surface area contributed by atoms with E-state index in [9.17, 15) is 0 Å². The lowest BCUT2D eigenvalue weighted by Gasteiger charge is -1.87. The number of fused-ring (bicyclic) bond motifs is 1. The lowest BCUT2D eigenvalue weighted by Crippen LogP contribution is -1.74. The van der Waals surface area contributed by atoms with Crippen molar-refractivity contribution in [2.45, 2.75) is 12.7 Å². The van der Waals surface area contributed by atoms with Crippen LogP contribution in [0.5, 0.6) is 0 Å². The van der Waals surface area contributed by atoms with Crippen LogP contribution in [0.15, 0.2) is 22.6 Å². The van der Waals surface area contributed by atoms with Crippen LogP contribution in [0, 0.1) is 6.92 Å². The summed E-state index contributed by atoms with van der Waals surface area (Å²) in [7, 11) is 0. The van der Waals surface area contributed by atoms with Crippen molar-refractivity contribution in [1.82, 2.24) is 4.98 Å². The second-order valence-electron chi connectivity index (χ2n) is 2.74. The summed E-state index contributed by atoms with van der Waals surface area (Å²) in [6.07, 6.45) is 0. The van der Waals surface area contributed by atoms with Gasteiger partial charge in [-0.2, -0.15) is 12.6 Å². The first-order chi connectivity index (χ1) is 5.79. The van der Waals surface area contributed by atoms with Crippen molar-refractivity contribution in [3.8, 4) is 0 Å². The molecule has 0 amide bonds. The van der Waals surface area contributed by atoms with Crippen LogP contribution in [0.4, 0.5) is 0 Å². The number of benzene rings is 1. The second kappa shape index (κ2) is 2.83. The minimum Gasteiger partial charge on any atom is -0.440 e. The van der Waals surface area contributed by atoms with E-state index in [-0.39, 0.29) is 0 Å². The Kier molecular flexibility index (Phi) is 1.81. The molecule has 0 radical (unpaired) electrons. The monoisotopic (exact) mass is 179 g/mol. The molecule has 0 saturated heterocycles. The minimum atomic E-state index is 0.549. The number of oxazole rings is 1. The second-order valence-corrected chi connectivity index (χ2v) is 3.05. The highest BCUT2D eigenvalue weighted by Gasteiger charge is 2.02. The van der Waals surface area contributed by atoms with Crippen molar-refractivity contribution >= 4 is 23.7 Å². The Labute approximate surface area is 76.0 Å². The molecule has 0 aliphatic carbocycles. The number of rotatable bonds is 1. The maximum atomic E-state index is 5.38. The molecule has 12 heavy (non-hydrogen) atoms. The van der Waals surface area contributed by atoms with E-state index in [0.29, 0.717) is 11.6 Å². The molecule has 0 aliphatic heterocycles. The van der Waals surface area contributed by atoms with E-state index in [4.69, 9.17) is 4.42 Å². The third-order valence-corrected chi connectivity index (χ3v) is 1.99. The van der Waals surface area contributed by atoms with Crippen molar-refractivity contribution < 1.29 is 4.42 Å². The minimum absolute atomic E-state index is 0.549. The highest BCUT2D eigenvalue weighted by molar-refractivity contribution is 7.79. The van der Waals surface area contributed by atoms with Gasteiger partial charge < -0.3 is 4.42 Å².